The van der Waals surface area contributed by atoms with Crippen molar-refractivity contribution >= 4 is 15.9 Å². The van der Waals surface area contributed by atoms with Gasteiger partial charge in [-0.15, -0.1) is 0 Å². The van der Waals surface area contributed by atoms with Gasteiger partial charge >= 0.3 is 0 Å². The second-order valence-electron chi connectivity index (χ2n) is 6.10. The number of aryl methyl sites for hydroxylation is 1. The molecular formula is C16H21N5O3S. The number of hydrogen-bond acceptors (Lipinski definition) is 5. The molecule has 1 saturated heterocycles. The molecule has 1 atom stereocenters. The smallest absolute Gasteiger partial charge is 0.240 e. The van der Waals surface area contributed by atoms with E-state index in [-0.39, 0.29) is 29.8 Å². The Kier molecular flexibility index (Phi) is 5.14. The van der Waals surface area contributed by atoms with E-state index >= 15 is 0 Å². The van der Waals surface area contributed by atoms with E-state index in [0.29, 0.717) is 13.1 Å². The molecule has 2 aromatic rings. The van der Waals surface area contributed by atoms with Crippen LogP contribution in [0.5, 0.6) is 0 Å². The number of carbonyl (C=O) groups excluding carboxylic acids is 1. The van der Waals surface area contributed by atoms with Gasteiger partial charge in [-0.25, -0.2) is 13.1 Å². The molecule has 1 aliphatic rings. The van der Waals surface area contributed by atoms with Crippen molar-refractivity contribution in [1.29, 1.82) is 0 Å². The van der Waals surface area contributed by atoms with E-state index in [1.54, 1.807) is 40.3 Å². The number of rotatable bonds is 6. The Morgan fingerprint density at radius 2 is 2.08 bits per heavy atom. The minimum Gasteiger partial charge on any atom is -0.340 e. The molecule has 0 aliphatic carbocycles. The van der Waals surface area contributed by atoms with E-state index in [9.17, 15) is 13.2 Å². The number of nitrogens with zero attached hydrogens (tertiary/aromatic N) is 4. The second-order valence-corrected chi connectivity index (χ2v) is 7.86. The zero-order valence-electron chi connectivity index (χ0n) is 14.0. The third kappa shape index (κ3) is 4.23. The monoisotopic (exact) mass is 363 g/mol. The Morgan fingerprint density at radius 3 is 2.80 bits per heavy atom. The molecule has 25 heavy (non-hydrogen) atoms. The fraction of sp³-hybridized carbons (Fsp3) is 0.438. The highest BCUT2D eigenvalue weighted by molar-refractivity contribution is 7.89. The van der Waals surface area contributed by atoms with Crippen LogP contribution in [0.1, 0.15) is 24.4 Å². The number of aromatic nitrogens is 3. The first-order valence-electron chi connectivity index (χ1n) is 8.15. The molecule has 0 radical (unpaired) electrons. The molecule has 134 valence electrons. The van der Waals surface area contributed by atoms with Crippen molar-refractivity contribution in [3.63, 3.8) is 0 Å². The molecule has 0 saturated carbocycles. The number of carbonyl (C=O) groups is 1. The van der Waals surface area contributed by atoms with Gasteiger partial charge in [0.25, 0.3) is 0 Å². The van der Waals surface area contributed by atoms with Crippen LogP contribution in [0.4, 0.5) is 0 Å². The van der Waals surface area contributed by atoms with Crippen LogP contribution in [0.15, 0.2) is 41.6 Å². The Bertz CT molecular complexity index is 835. The summed E-state index contributed by atoms with van der Waals surface area (Å²) < 4.78 is 27.0. The molecule has 2 heterocycles. The zero-order chi connectivity index (χ0) is 17.9. The first kappa shape index (κ1) is 17.6. The van der Waals surface area contributed by atoms with Crippen molar-refractivity contribution in [2.75, 3.05) is 19.6 Å². The first-order chi connectivity index (χ1) is 12.0. The summed E-state index contributed by atoms with van der Waals surface area (Å²) in [6.45, 7) is 3.10. The lowest BCUT2D eigenvalue weighted by Crippen LogP contribution is -2.33. The number of nitrogens with one attached hydrogen (secondary N) is 1. The van der Waals surface area contributed by atoms with E-state index in [2.05, 4.69) is 14.9 Å². The molecule has 1 fully saturated rings. The standard InChI is InChI=1S/C16H21N5O3S/c1-13-3-2-4-15(11-13)25(23,24)19-7-5-16(22)20-10-6-14(12-20)21-17-8-9-18-21/h2-4,8-9,11,14,19H,5-7,10,12H2,1H3. The predicted octanol–water partition coefficient (Wildman–Crippen LogP) is 0.729. The molecule has 1 aromatic carbocycles. The lowest BCUT2D eigenvalue weighted by Gasteiger charge is -2.16. The van der Waals surface area contributed by atoms with Crippen molar-refractivity contribution in [3.8, 4) is 0 Å². The third-order valence-corrected chi connectivity index (χ3v) is 5.67. The van der Waals surface area contributed by atoms with Gasteiger partial charge in [-0.1, -0.05) is 12.1 Å². The van der Waals surface area contributed by atoms with E-state index < -0.39 is 10.0 Å². The van der Waals surface area contributed by atoms with Crippen LogP contribution >= 0.6 is 0 Å². The summed E-state index contributed by atoms with van der Waals surface area (Å²) in [5.41, 5.74) is 0.870. The lowest BCUT2D eigenvalue weighted by atomic mass is 10.2. The van der Waals surface area contributed by atoms with Crippen LogP contribution in [0.3, 0.4) is 0 Å². The number of hydrogen-bond donors (Lipinski definition) is 1. The zero-order valence-corrected chi connectivity index (χ0v) is 14.8. The van der Waals surface area contributed by atoms with E-state index in [0.717, 1.165) is 12.0 Å². The molecule has 3 rings (SSSR count). The highest BCUT2D eigenvalue weighted by atomic mass is 32.2. The van der Waals surface area contributed by atoms with Crippen LogP contribution in [-0.4, -0.2) is 53.9 Å². The molecule has 0 bridgehead atoms. The SMILES string of the molecule is Cc1cccc(S(=O)(=O)NCCC(=O)N2CCC(n3nccn3)C2)c1. The van der Waals surface area contributed by atoms with Crippen LogP contribution in [0.25, 0.3) is 0 Å². The highest BCUT2D eigenvalue weighted by Gasteiger charge is 2.28. The summed E-state index contributed by atoms with van der Waals surface area (Å²) in [5, 5.41) is 8.21. The summed E-state index contributed by atoms with van der Waals surface area (Å²) >= 11 is 0. The summed E-state index contributed by atoms with van der Waals surface area (Å²) in [7, 11) is -3.59. The van der Waals surface area contributed by atoms with Gasteiger partial charge < -0.3 is 4.90 Å². The maximum absolute atomic E-state index is 12.3. The summed E-state index contributed by atoms with van der Waals surface area (Å²) in [5.74, 6) is -0.0680. The average molecular weight is 363 g/mol. The maximum Gasteiger partial charge on any atom is 0.240 e. The summed E-state index contributed by atoms with van der Waals surface area (Å²) in [4.78, 5) is 15.8. The van der Waals surface area contributed by atoms with Gasteiger partial charge in [0, 0.05) is 26.1 Å². The topological polar surface area (TPSA) is 97.2 Å². The molecule has 8 nitrogen and oxygen atoms in total. The molecule has 1 unspecified atom stereocenters. The first-order valence-corrected chi connectivity index (χ1v) is 9.64. The van der Waals surface area contributed by atoms with Gasteiger partial charge in [-0.2, -0.15) is 15.0 Å². The maximum atomic E-state index is 12.3. The molecular weight excluding hydrogens is 342 g/mol. The van der Waals surface area contributed by atoms with Gasteiger partial charge in [-0.3, -0.25) is 4.79 Å². The van der Waals surface area contributed by atoms with Gasteiger partial charge in [0.2, 0.25) is 15.9 Å². The molecule has 1 aromatic heterocycles. The van der Waals surface area contributed by atoms with Crippen molar-refractivity contribution in [3.05, 3.63) is 42.2 Å². The number of sulfonamides is 1. The fourth-order valence-corrected chi connectivity index (χ4v) is 4.02. The minimum absolute atomic E-state index is 0.0680. The van der Waals surface area contributed by atoms with Gasteiger partial charge in [0.1, 0.15) is 0 Å². The summed E-state index contributed by atoms with van der Waals surface area (Å²) in [6, 6.07) is 6.76. The van der Waals surface area contributed by atoms with Gasteiger partial charge in [0.05, 0.1) is 23.3 Å². The van der Waals surface area contributed by atoms with Crippen LogP contribution in [-0.2, 0) is 14.8 Å². The second kappa shape index (κ2) is 7.32. The molecule has 1 aliphatic heterocycles. The number of likely N-dealkylation sites (tertiary alicyclic amines) is 1. The predicted molar refractivity (Wildman–Crippen MR) is 91.2 cm³/mol. The van der Waals surface area contributed by atoms with E-state index in [1.165, 1.54) is 0 Å². The summed E-state index contributed by atoms with van der Waals surface area (Å²) in [6.07, 6.45) is 4.16. The molecule has 0 spiro atoms. The quantitative estimate of drug-likeness (QED) is 0.816. The Balaban J connectivity index is 1.50. The van der Waals surface area contributed by atoms with Crippen LogP contribution in [0.2, 0.25) is 0 Å². The van der Waals surface area contributed by atoms with E-state index in [4.69, 9.17) is 0 Å². The van der Waals surface area contributed by atoms with Crippen LogP contribution < -0.4 is 4.72 Å². The Hall–Kier alpha value is -2.26. The lowest BCUT2D eigenvalue weighted by molar-refractivity contribution is -0.130. The third-order valence-electron chi connectivity index (χ3n) is 4.21. The normalized spacial score (nSPS) is 17.8. The highest BCUT2D eigenvalue weighted by Crippen LogP contribution is 2.20. The fourth-order valence-electron chi connectivity index (χ4n) is 2.89. The minimum atomic E-state index is -3.59. The van der Waals surface area contributed by atoms with Crippen LogP contribution in [0, 0.1) is 6.92 Å². The number of benzene rings is 1. The Morgan fingerprint density at radius 1 is 1.32 bits per heavy atom. The van der Waals surface area contributed by atoms with E-state index in [1.807, 2.05) is 13.0 Å². The number of amides is 1. The molecule has 9 heteroatoms. The Labute approximate surface area is 146 Å². The largest absolute Gasteiger partial charge is 0.340 e. The van der Waals surface area contributed by atoms with Gasteiger partial charge in [0.15, 0.2) is 0 Å². The van der Waals surface area contributed by atoms with Crippen molar-refractivity contribution in [2.24, 2.45) is 0 Å². The van der Waals surface area contributed by atoms with Gasteiger partial charge in [-0.05, 0) is 31.0 Å². The van der Waals surface area contributed by atoms with Crippen molar-refractivity contribution < 1.29 is 13.2 Å². The average Bonchev–Trinajstić information content (AvgIpc) is 3.26. The molecule has 1 N–H and O–H groups in total. The van der Waals surface area contributed by atoms with Crippen molar-refractivity contribution in [2.45, 2.75) is 30.7 Å². The van der Waals surface area contributed by atoms with Crippen molar-refractivity contribution in [1.82, 2.24) is 24.6 Å². The molecule has 1 amide bonds.